The van der Waals surface area contributed by atoms with Crippen molar-refractivity contribution in [2.75, 3.05) is 10.6 Å². The number of benzene rings is 1. The first-order chi connectivity index (χ1) is 13.0. The highest BCUT2D eigenvalue weighted by atomic mass is 16.1. The quantitative estimate of drug-likeness (QED) is 0.664. The number of nitrogens with zero attached hydrogens (tertiary/aromatic N) is 2. The minimum Gasteiger partial charge on any atom is -0.366 e. The lowest BCUT2D eigenvalue weighted by Gasteiger charge is -2.16. The molecular weight excluding hydrogens is 336 g/mol. The number of amides is 1. The highest BCUT2D eigenvalue weighted by Gasteiger charge is 2.13. The van der Waals surface area contributed by atoms with E-state index in [2.05, 4.69) is 40.5 Å². The van der Waals surface area contributed by atoms with Gasteiger partial charge in [-0.05, 0) is 47.7 Å². The fourth-order valence-electron chi connectivity index (χ4n) is 2.86. The van der Waals surface area contributed by atoms with Crippen LogP contribution < -0.4 is 10.6 Å². The molecule has 27 heavy (non-hydrogen) atoms. The van der Waals surface area contributed by atoms with Crippen molar-refractivity contribution in [3.05, 3.63) is 83.3 Å². The fourth-order valence-corrected chi connectivity index (χ4v) is 2.86. The van der Waals surface area contributed by atoms with Crippen molar-refractivity contribution in [2.24, 2.45) is 0 Å². The number of anilines is 2. The third-order valence-electron chi connectivity index (χ3n) is 4.39. The lowest BCUT2D eigenvalue weighted by Crippen LogP contribution is -2.15. The minimum absolute atomic E-state index is 0.155. The fraction of sp³-hybridized carbons (Fsp3) is 0.227. The SMILES string of the molecule is Cc1cccc(C(C)C)c1NC(=O)c1ccc(NCc2cccnc2)nc1. The topological polar surface area (TPSA) is 66.9 Å². The van der Waals surface area contributed by atoms with Crippen molar-refractivity contribution in [3.8, 4) is 0 Å². The van der Waals surface area contributed by atoms with Crippen LogP contribution in [0.2, 0.25) is 0 Å². The lowest BCUT2D eigenvalue weighted by molar-refractivity contribution is 0.102. The maximum absolute atomic E-state index is 12.7. The first kappa shape index (κ1) is 18.6. The Morgan fingerprint density at radius 3 is 2.59 bits per heavy atom. The van der Waals surface area contributed by atoms with Crippen LogP contribution >= 0.6 is 0 Å². The molecule has 0 atom stereocenters. The zero-order valence-electron chi connectivity index (χ0n) is 15.9. The zero-order chi connectivity index (χ0) is 19.2. The molecule has 0 unspecified atom stereocenters. The summed E-state index contributed by atoms with van der Waals surface area (Å²) < 4.78 is 0. The maximum Gasteiger partial charge on any atom is 0.257 e. The number of pyridine rings is 2. The van der Waals surface area contributed by atoms with Crippen LogP contribution in [0.4, 0.5) is 11.5 Å². The highest BCUT2D eigenvalue weighted by Crippen LogP contribution is 2.27. The van der Waals surface area contributed by atoms with Gasteiger partial charge in [-0.1, -0.05) is 38.1 Å². The van der Waals surface area contributed by atoms with E-state index in [1.165, 1.54) is 0 Å². The van der Waals surface area contributed by atoms with E-state index < -0.39 is 0 Å². The van der Waals surface area contributed by atoms with Gasteiger partial charge in [0.2, 0.25) is 0 Å². The molecule has 0 aliphatic carbocycles. The molecule has 1 aromatic carbocycles. The Bertz CT molecular complexity index is 905. The number of aryl methyl sites for hydroxylation is 1. The van der Waals surface area contributed by atoms with E-state index in [1.807, 2.05) is 43.5 Å². The first-order valence-electron chi connectivity index (χ1n) is 9.04. The second-order valence-electron chi connectivity index (χ2n) is 6.79. The van der Waals surface area contributed by atoms with Crippen molar-refractivity contribution in [1.29, 1.82) is 0 Å². The van der Waals surface area contributed by atoms with Crippen LogP contribution in [0.25, 0.3) is 0 Å². The third-order valence-corrected chi connectivity index (χ3v) is 4.39. The van der Waals surface area contributed by atoms with Gasteiger partial charge in [0.15, 0.2) is 0 Å². The van der Waals surface area contributed by atoms with Gasteiger partial charge in [-0.3, -0.25) is 9.78 Å². The lowest BCUT2D eigenvalue weighted by atomic mass is 9.98. The Morgan fingerprint density at radius 1 is 1.07 bits per heavy atom. The molecule has 0 saturated heterocycles. The van der Waals surface area contributed by atoms with Crippen molar-refractivity contribution in [1.82, 2.24) is 9.97 Å². The number of carbonyl (C=O) groups is 1. The molecule has 5 heteroatoms. The van der Waals surface area contributed by atoms with Crippen molar-refractivity contribution >= 4 is 17.4 Å². The Morgan fingerprint density at radius 2 is 1.93 bits per heavy atom. The summed E-state index contributed by atoms with van der Waals surface area (Å²) in [7, 11) is 0. The molecule has 0 aliphatic rings. The van der Waals surface area contributed by atoms with E-state index in [0.717, 1.165) is 22.4 Å². The van der Waals surface area contributed by atoms with Crippen LogP contribution in [0.1, 0.15) is 46.8 Å². The Labute approximate surface area is 159 Å². The van der Waals surface area contributed by atoms with Crippen LogP contribution in [0.5, 0.6) is 0 Å². The molecule has 1 amide bonds. The predicted octanol–water partition coefficient (Wildman–Crippen LogP) is 4.77. The number of hydrogen-bond donors (Lipinski definition) is 2. The van der Waals surface area contributed by atoms with Crippen molar-refractivity contribution in [2.45, 2.75) is 33.2 Å². The van der Waals surface area contributed by atoms with Crippen LogP contribution in [-0.4, -0.2) is 15.9 Å². The average Bonchev–Trinajstić information content (AvgIpc) is 2.69. The summed E-state index contributed by atoms with van der Waals surface area (Å²) in [5, 5.41) is 6.27. The average molecular weight is 360 g/mol. The molecule has 0 fully saturated rings. The second kappa shape index (κ2) is 8.45. The molecule has 0 spiro atoms. The van der Waals surface area contributed by atoms with Crippen molar-refractivity contribution < 1.29 is 4.79 Å². The van der Waals surface area contributed by atoms with Gasteiger partial charge in [0.25, 0.3) is 5.91 Å². The van der Waals surface area contributed by atoms with E-state index in [1.54, 1.807) is 18.5 Å². The van der Waals surface area contributed by atoms with E-state index >= 15 is 0 Å². The molecule has 0 aliphatic heterocycles. The smallest absolute Gasteiger partial charge is 0.257 e. The molecule has 2 aromatic heterocycles. The Hall–Kier alpha value is -3.21. The number of aromatic nitrogens is 2. The van der Waals surface area contributed by atoms with Crippen LogP contribution in [0.15, 0.2) is 61.1 Å². The number of rotatable bonds is 6. The number of nitrogens with one attached hydrogen (secondary N) is 2. The Kier molecular flexibility index (Phi) is 5.81. The van der Waals surface area contributed by atoms with E-state index in [0.29, 0.717) is 23.8 Å². The molecule has 0 saturated carbocycles. The van der Waals surface area contributed by atoms with Crippen molar-refractivity contribution in [3.63, 3.8) is 0 Å². The molecule has 3 rings (SSSR count). The highest BCUT2D eigenvalue weighted by molar-refractivity contribution is 6.05. The van der Waals surface area contributed by atoms with Gasteiger partial charge in [0, 0.05) is 30.8 Å². The summed E-state index contributed by atoms with van der Waals surface area (Å²) in [6.07, 6.45) is 5.14. The standard InChI is InChI=1S/C22H24N4O/c1-15(2)19-8-4-6-16(3)21(19)26-22(27)18-9-10-20(25-14-18)24-13-17-7-5-11-23-12-17/h4-12,14-15H,13H2,1-3H3,(H,24,25)(H,26,27). The minimum atomic E-state index is -0.155. The monoisotopic (exact) mass is 360 g/mol. The van der Waals surface area contributed by atoms with E-state index in [4.69, 9.17) is 0 Å². The molecule has 0 radical (unpaired) electrons. The van der Waals surface area contributed by atoms with Gasteiger partial charge in [0.1, 0.15) is 5.82 Å². The molecule has 5 nitrogen and oxygen atoms in total. The van der Waals surface area contributed by atoms with Gasteiger partial charge in [-0.25, -0.2) is 4.98 Å². The first-order valence-corrected chi connectivity index (χ1v) is 9.04. The van der Waals surface area contributed by atoms with E-state index in [-0.39, 0.29) is 5.91 Å². The van der Waals surface area contributed by atoms with E-state index in [9.17, 15) is 4.79 Å². The summed E-state index contributed by atoms with van der Waals surface area (Å²) in [5.41, 5.74) is 4.67. The molecule has 138 valence electrons. The molecule has 3 aromatic rings. The molecular formula is C22H24N4O. The van der Waals surface area contributed by atoms with Gasteiger partial charge in [-0.2, -0.15) is 0 Å². The third kappa shape index (κ3) is 4.70. The zero-order valence-corrected chi connectivity index (χ0v) is 15.9. The van der Waals surface area contributed by atoms with Gasteiger partial charge in [-0.15, -0.1) is 0 Å². The molecule has 2 N–H and O–H groups in total. The number of hydrogen-bond acceptors (Lipinski definition) is 4. The summed E-state index contributed by atoms with van der Waals surface area (Å²) in [6.45, 7) is 6.88. The summed E-state index contributed by atoms with van der Waals surface area (Å²) >= 11 is 0. The molecule has 0 bridgehead atoms. The Balaban J connectivity index is 1.68. The van der Waals surface area contributed by atoms with Gasteiger partial charge < -0.3 is 10.6 Å². The number of para-hydroxylation sites is 1. The largest absolute Gasteiger partial charge is 0.366 e. The summed E-state index contributed by atoms with van der Waals surface area (Å²) in [5.74, 6) is 0.893. The second-order valence-corrected chi connectivity index (χ2v) is 6.79. The van der Waals surface area contributed by atoms with Crippen LogP contribution in [0.3, 0.4) is 0 Å². The van der Waals surface area contributed by atoms with Crippen LogP contribution in [0, 0.1) is 6.92 Å². The normalized spacial score (nSPS) is 10.7. The predicted molar refractivity (Wildman–Crippen MR) is 109 cm³/mol. The molecule has 2 heterocycles. The summed E-state index contributed by atoms with van der Waals surface area (Å²) in [4.78, 5) is 21.1. The van der Waals surface area contributed by atoms with Gasteiger partial charge in [0.05, 0.1) is 5.56 Å². The van der Waals surface area contributed by atoms with Crippen LogP contribution in [-0.2, 0) is 6.54 Å². The summed E-state index contributed by atoms with van der Waals surface area (Å²) in [6, 6.07) is 13.6. The maximum atomic E-state index is 12.7. The van der Waals surface area contributed by atoms with Gasteiger partial charge >= 0.3 is 0 Å². The number of carbonyl (C=O) groups excluding carboxylic acids is 1.